The molecule has 1 aromatic rings. The number of carboxylic acid groups (broad SMARTS) is 1. The molecule has 2 rings (SSSR count). The lowest BCUT2D eigenvalue weighted by Crippen LogP contribution is -2.27. The van der Waals surface area contributed by atoms with Crippen LogP contribution in [0.1, 0.15) is 40.0 Å². The Bertz CT molecular complexity index is 490. The molecule has 0 bridgehead atoms. The molecule has 0 radical (unpaired) electrons. The maximum Gasteiger partial charge on any atom is 0.303 e. The Morgan fingerprint density at radius 3 is 2.53 bits per heavy atom. The van der Waals surface area contributed by atoms with E-state index in [-0.39, 0.29) is 30.8 Å². The molecule has 1 aromatic carbocycles. The Morgan fingerprint density at radius 2 is 1.88 bits per heavy atom. The minimum atomic E-state index is -0.941. The number of carbonyl (C=O) groups excluding carboxylic acids is 2. The van der Waals surface area contributed by atoms with Gasteiger partial charge in [-0.3, -0.25) is 14.4 Å². The van der Waals surface area contributed by atoms with Crippen LogP contribution in [-0.2, 0) is 4.79 Å². The van der Waals surface area contributed by atoms with Gasteiger partial charge in [0.15, 0.2) is 11.6 Å². The molecular formula is C13H12O4. The summed E-state index contributed by atoms with van der Waals surface area (Å²) in [7, 11) is 0. The summed E-state index contributed by atoms with van der Waals surface area (Å²) in [6.07, 6.45) is 0.281. The molecule has 4 heteroatoms. The van der Waals surface area contributed by atoms with Crippen LogP contribution in [0.15, 0.2) is 24.3 Å². The predicted octanol–water partition coefficient (Wildman–Crippen LogP) is 1.94. The number of aliphatic carboxylic acids is 1. The van der Waals surface area contributed by atoms with E-state index >= 15 is 0 Å². The molecule has 88 valence electrons. The molecule has 0 fully saturated rings. The van der Waals surface area contributed by atoms with Crippen molar-refractivity contribution in [3.63, 3.8) is 0 Å². The summed E-state index contributed by atoms with van der Waals surface area (Å²) in [5.74, 6) is -1.60. The number of fused-ring (bicyclic) bond motifs is 1. The summed E-state index contributed by atoms with van der Waals surface area (Å²) in [6, 6.07) is 6.71. The van der Waals surface area contributed by atoms with Crippen LogP contribution in [-0.4, -0.2) is 22.6 Å². The molecular weight excluding hydrogens is 220 g/mol. The molecule has 1 atom stereocenters. The van der Waals surface area contributed by atoms with Crippen LogP contribution < -0.4 is 0 Å². The Kier molecular flexibility index (Phi) is 3.04. The Labute approximate surface area is 98.3 Å². The van der Waals surface area contributed by atoms with E-state index in [4.69, 9.17) is 5.11 Å². The van der Waals surface area contributed by atoms with Gasteiger partial charge in [0.2, 0.25) is 0 Å². The van der Waals surface area contributed by atoms with Gasteiger partial charge in [-0.15, -0.1) is 0 Å². The Hall–Kier alpha value is -1.97. The van der Waals surface area contributed by atoms with Crippen LogP contribution in [0.25, 0.3) is 0 Å². The smallest absolute Gasteiger partial charge is 0.303 e. The fourth-order valence-corrected chi connectivity index (χ4v) is 2.12. The summed E-state index contributed by atoms with van der Waals surface area (Å²) in [6.45, 7) is 0. The van der Waals surface area contributed by atoms with Gasteiger partial charge >= 0.3 is 5.97 Å². The number of benzene rings is 1. The van der Waals surface area contributed by atoms with E-state index in [2.05, 4.69) is 0 Å². The molecule has 1 unspecified atom stereocenters. The van der Waals surface area contributed by atoms with Gasteiger partial charge in [0.05, 0.1) is 0 Å². The normalized spacial score (nSPS) is 18.9. The Morgan fingerprint density at radius 1 is 1.24 bits per heavy atom. The first-order valence-corrected chi connectivity index (χ1v) is 5.48. The van der Waals surface area contributed by atoms with Gasteiger partial charge < -0.3 is 5.11 Å². The molecule has 0 spiro atoms. The highest BCUT2D eigenvalue weighted by Crippen LogP contribution is 2.28. The van der Waals surface area contributed by atoms with Gasteiger partial charge in [-0.1, -0.05) is 24.3 Å². The zero-order valence-electron chi connectivity index (χ0n) is 9.18. The maximum atomic E-state index is 12.0. The van der Waals surface area contributed by atoms with Crippen LogP contribution >= 0.6 is 0 Å². The van der Waals surface area contributed by atoms with Crippen LogP contribution in [0.5, 0.6) is 0 Å². The number of ketones is 2. The third-order valence-corrected chi connectivity index (χ3v) is 3.00. The standard InChI is InChI=1S/C13H12O4/c14-11-7-8(5-6-12(15)16)13(17)10-4-2-1-3-9(10)11/h1-4,8H,5-7H2,(H,15,16). The quantitative estimate of drug-likeness (QED) is 0.864. The van der Waals surface area contributed by atoms with E-state index in [1.807, 2.05) is 0 Å². The second-order valence-electron chi connectivity index (χ2n) is 4.17. The fourth-order valence-electron chi connectivity index (χ4n) is 2.12. The first kappa shape index (κ1) is 11.5. The molecule has 0 aromatic heterocycles. The van der Waals surface area contributed by atoms with Crippen molar-refractivity contribution in [3.05, 3.63) is 35.4 Å². The molecule has 0 aliphatic heterocycles. The lowest BCUT2D eigenvalue weighted by atomic mass is 9.80. The number of Topliss-reactive ketones (excluding diaryl/α,β-unsaturated/α-hetero) is 2. The van der Waals surface area contributed by atoms with Crippen LogP contribution in [0.2, 0.25) is 0 Å². The molecule has 1 aliphatic carbocycles. The van der Waals surface area contributed by atoms with Crippen molar-refractivity contribution >= 4 is 17.5 Å². The molecule has 4 nitrogen and oxygen atoms in total. The van der Waals surface area contributed by atoms with E-state index in [0.717, 1.165) is 0 Å². The number of rotatable bonds is 3. The van der Waals surface area contributed by atoms with E-state index < -0.39 is 11.9 Å². The van der Waals surface area contributed by atoms with Gasteiger partial charge in [0, 0.05) is 29.9 Å². The molecule has 17 heavy (non-hydrogen) atoms. The zero-order valence-corrected chi connectivity index (χ0v) is 9.18. The number of hydrogen-bond acceptors (Lipinski definition) is 3. The van der Waals surface area contributed by atoms with Crippen molar-refractivity contribution in [1.82, 2.24) is 0 Å². The second-order valence-corrected chi connectivity index (χ2v) is 4.17. The van der Waals surface area contributed by atoms with Gasteiger partial charge in [-0.25, -0.2) is 0 Å². The first-order chi connectivity index (χ1) is 8.09. The highest BCUT2D eigenvalue weighted by Gasteiger charge is 2.32. The van der Waals surface area contributed by atoms with Gasteiger partial charge in [0.1, 0.15) is 0 Å². The summed E-state index contributed by atoms with van der Waals surface area (Å²) in [5, 5.41) is 8.60. The minimum absolute atomic E-state index is 0.0735. The lowest BCUT2D eigenvalue weighted by Gasteiger charge is -2.21. The van der Waals surface area contributed by atoms with Crippen molar-refractivity contribution in [2.24, 2.45) is 5.92 Å². The van der Waals surface area contributed by atoms with Crippen molar-refractivity contribution in [2.75, 3.05) is 0 Å². The van der Waals surface area contributed by atoms with Crippen LogP contribution in [0.4, 0.5) is 0 Å². The van der Waals surface area contributed by atoms with E-state index in [1.165, 1.54) is 0 Å². The first-order valence-electron chi connectivity index (χ1n) is 5.48. The monoisotopic (exact) mass is 232 g/mol. The number of carboxylic acids is 1. The van der Waals surface area contributed by atoms with Crippen molar-refractivity contribution in [2.45, 2.75) is 19.3 Å². The molecule has 1 N–H and O–H groups in total. The molecule has 0 saturated carbocycles. The van der Waals surface area contributed by atoms with E-state index in [1.54, 1.807) is 24.3 Å². The second kappa shape index (κ2) is 4.49. The van der Waals surface area contributed by atoms with Gasteiger partial charge in [-0.05, 0) is 6.42 Å². The highest BCUT2D eigenvalue weighted by molar-refractivity contribution is 6.14. The third-order valence-electron chi connectivity index (χ3n) is 3.00. The van der Waals surface area contributed by atoms with Gasteiger partial charge in [-0.2, -0.15) is 0 Å². The Balaban J connectivity index is 2.24. The fraction of sp³-hybridized carbons (Fsp3) is 0.308. The van der Waals surface area contributed by atoms with Crippen LogP contribution in [0, 0.1) is 5.92 Å². The molecule has 1 aliphatic rings. The van der Waals surface area contributed by atoms with Crippen molar-refractivity contribution in [3.8, 4) is 0 Å². The van der Waals surface area contributed by atoms with E-state index in [0.29, 0.717) is 11.1 Å². The third kappa shape index (κ3) is 2.25. The topological polar surface area (TPSA) is 71.4 Å². The summed E-state index contributed by atoms with van der Waals surface area (Å²) in [4.78, 5) is 34.3. The molecule has 0 saturated heterocycles. The minimum Gasteiger partial charge on any atom is -0.481 e. The SMILES string of the molecule is O=C(O)CCC1CC(=O)c2ccccc2C1=O. The van der Waals surface area contributed by atoms with Crippen molar-refractivity contribution < 1.29 is 19.5 Å². The molecule has 0 heterocycles. The van der Waals surface area contributed by atoms with E-state index in [9.17, 15) is 14.4 Å². The lowest BCUT2D eigenvalue weighted by molar-refractivity contribution is -0.137. The van der Waals surface area contributed by atoms with Gasteiger partial charge in [0.25, 0.3) is 0 Å². The summed E-state index contributed by atoms with van der Waals surface area (Å²) >= 11 is 0. The highest BCUT2D eigenvalue weighted by atomic mass is 16.4. The average molecular weight is 232 g/mol. The predicted molar refractivity (Wildman–Crippen MR) is 60.1 cm³/mol. The number of hydrogen-bond donors (Lipinski definition) is 1. The largest absolute Gasteiger partial charge is 0.481 e. The summed E-state index contributed by atoms with van der Waals surface area (Å²) in [5.41, 5.74) is 0.892. The summed E-state index contributed by atoms with van der Waals surface area (Å²) < 4.78 is 0. The number of carbonyl (C=O) groups is 3. The maximum absolute atomic E-state index is 12.0. The zero-order chi connectivity index (χ0) is 12.4. The molecule has 0 amide bonds. The van der Waals surface area contributed by atoms with Crippen molar-refractivity contribution in [1.29, 1.82) is 0 Å². The average Bonchev–Trinajstić information content (AvgIpc) is 2.32. The van der Waals surface area contributed by atoms with Crippen LogP contribution in [0.3, 0.4) is 0 Å².